The molecule has 0 saturated carbocycles. The molecule has 156 valence electrons. The smallest absolute Gasteiger partial charge is 0.381 e. The first-order valence-corrected chi connectivity index (χ1v) is 10.4. The van der Waals surface area contributed by atoms with E-state index < -0.39 is 5.97 Å². The van der Waals surface area contributed by atoms with Crippen LogP contribution in [0.1, 0.15) is 86.2 Å². The molecule has 29 heavy (non-hydrogen) atoms. The number of carbonyl (C=O) groups is 2. The van der Waals surface area contributed by atoms with Crippen LogP contribution in [0.5, 0.6) is 11.5 Å². The predicted molar refractivity (Wildman–Crippen MR) is 112 cm³/mol. The lowest BCUT2D eigenvalue weighted by molar-refractivity contribution is 0.0721. The molecule has 0 aliphatic heterocycles. The van der Waals surface area contributed by atoms with Gasteiger partial charge in [-0.2, -0.15) is 0 Å². The molecule has 6 nitrogen and oxygen atoms in total. The molecule has 0 aliphatic rings. The number of ether oxygens (including phenoxy) is 2. The van der Waals surface area contributed by atoms with Crippen molar-refractivity contribution < 1.29 is 19.1 Å². The van der Waals surface area contributed by atoms with E-state index in [4.69, 9.17) is 9.47 Å². The Morgan fingerprint density at radius 1 is 0.828 bits per heavy atom. The van der Waals surface area contributed by atoms with E-state index in [0.29, 0.717) is 23.7 Å². The van der Waals surface area contributed by atoms with Crippen molar-refractivity contribution in [2.45, 2.75) is 65.2 Å². The van der Waals surface area contributed by atoms with E-state index in [9.17, 15) is 9.59 Å². The molecule has 0 N–H and O–H groups in total. The Bertz CT molecular complexity index is 757. The van der Waals surface area contributed by atoms with Crippen molar-refractivity contribution in [2.75, 3.05) is 6.61 Å². The molecular formula is C23H30N2O4. The summed E-state index contributed by atoms with van der Waals surface area (Å²) < 4.78 is 10.9. The van der Waals surface area contributed by atoms with Crippen LogP contribution >= 0.6 is 0 Å². The second-order valence-corrected chi connectivity index (χ2v) is 7.04. The van der Waals surface area contributed by atoms with Crippen LogP contribution in [0, 0.1) is 0 Å². The van der Waals surface area contributed by atoms with Gasteiger partial charge in [0.15, 0.2) is 11.5 Å². The molecule has 0 atom stereocenters. The maximum Gasteiger partial charge on any atom is 0.381 e. The van der Waals surface area contributed by atoms with Crippen LogP contribution in [0.4, 0.5) is 0 Å². The summed E-state index contributed by atoms with van der Waals surface area (Å²) in [5.74, 6) is 0.123. The standard InChI is InChI=1S/C23H30N2O4/c1-3-4-5-6-7-8-9-10-15-28-21-16-24-22(25-17-21)23(27)29-20-13-11-19(12-14-20)18(2)26/h11-14,16-17H,3-10,15H2,1-2H3. The number of rotatable bonds is 13. The van der Waals surface area contributed by atoms with Gasteiger partial charge in [0.2, 0.25) is 5.82 Å². The Kier molecular flexibility index (Phi) is 9.83. The zero-order valence-electron chi connectivity index (χ0n) is 17.4. The van der Waals surface area contributed by atoms with Crippen molar-refractivity contribution in [2.24, 2.45) is 0 Å². The number of hydrogen-bond acceptors (Lipinski definition) is 6. The SMILES string of the molecule is CCCCCCCCCCOc1cnc(C(=O)Oc2ccc(C(C)=O)cc2)nc1. The quantitative estimate of drug-likeness (QED) is 0.194. The number of nitrogens with zero attached hydrogens (tertiary/aromatic N) is 2. The Hall–Kier alpha value is -2.76. The number of ketones is 1. The first kappa shape index (κ1) is 22.5. The highest BCUT2D eigenvalue weighted by atomic mass is 16.5. The summed E-state index contributed by atoms with van der Waals surface area (Å²) in [6.07, 6.45) is 12.9. The van der Waals surface area contributed by atoms with E-state index in [1.165, 1.54) is 57.8 Å². The lowest BCUT2D eigenvalue weighted by Gasteiger charge is -2.07. The largest absolute Gasteiger partial charge is 0.490 e. The van der Waals surface area contributed by atoms with E-state index in [-0.39, 0.29) is 11.6 Å². The highest BCUT2D eigenvalue weighted by Gasteiger charge is 2.12. The van der Waals surface area contributed by atoms with Gasteiger partial charge in [0.25, 0.3) is 0 Å². The minimum absolute atomic E-state index is 0.0416. The number of aromatic nitrogens is 2. The van der Waals surface area contributed by atoms with Gasteiger partial charge in [-0.25, -0.2) is 14.8 Å². The molecule has 0 unspecified atom stereocenters. The summed E-state index contributed by atoms with van der Waals surface area (Å²) in [7, 11) is 0. The molecule has 2 aromatic rings. The Morgan fingerprint density at radius 3 is 2.00 bits per heavy atom. The number of unbranched alkanes of at least 4 members (excludes halogenated alkanes) is 7. The highest BCUT2D eigenvalue weighted by molar-refractivity contribution is 5.94. The van der Waals surface area contributed by atoms with Crippen molar-refractivity contribution >= 4 is 11.8 Å². The van der Waals surface area contributed by atoms with Crippen LogP contribution in [-0.4, -0.2) is 28.3 Å². The van der Waals surface area contributed by atoms with Crippen LogP contribution < -0.4 is 9.47 Å². The fraction of sp³-hybridized carbons (Fsp3) is 0.478. The molecule has 0 spiro atoms. The van der Waals surface area contributed by atoms with Crippen molar-refractivity contribution in [1.29, 1.82) is 0 Å². The molecular weight excluding hydrogens is 368 g/mol. The molecule has 0 amide bonds. The number of benzene rings is 1. The monoisotopic (exact) mass is 398 g/mol. The summed E-state index contributed by atoms with van der Waals surface area (Å²) in [4.78, 5) is 31.4. The number of carbonyl (C=O) groups excluding carboxylic acids is 2. The fourth-order valence-corrected chi connectivity index (χ4v) is 2.83. The molecule has 1 aromatic heterocycles. The highest BCUT2D eigenvalue weighted by Crippen LogP contribution is 2.15. The van der Waals surface area contributed by atoms with Gasteiger partial charge in [-0.3, -0.25) is 4.79 Å². The minimum Gasteiger partial charge on any atom is -0.490 e. The van der Waals surface area contributed by atoms with Crippen molar-refractivity contribution in [3.05, 3.63) is 48.0 Å². The number of hydrogen-bond donors (Lipinski definition) is 0. The maximum absolute atomic E-state index is 12.1. The Labute approximate surface area is 172 Å². The molecule has 0 saturated heterocycles. The number of esters is 1. The summed E-state index contributed by atoms with van der Waals surface area (Å²) >= 11 is 0. The van der Waals surface area contributed by atoms with Gasteiger partial charge in [0.05, 0.1) is 19.0 Å². The van der Waals surface area contributed by atoms with Crippen LogP contribution in [-0.2, 0) is 0 Å². The lowest BCUT2D eigenvalue weighted by atomic mass is 10.1. The number of Topliss-reactive ketones (excluding diaryl/α,β-unsaturated/α-hetero) is 1. The average Bonchev–Trinajstić information content (AvgIpc) is 2.73. The summed E-state index contributed by atoms with van der Waals surface area (Å²) in [6, 6.07) is 6.34. The van der Waals surface area contributed by atoms with Gasteiger partial charge in [0, 0.05) is 5.56 Å². The zero-order chi connectivity index (χ0) is 20.9. The first-order chi connectivity index (χ1) is 14.1. The fourth-order valence-electron chi connectivity index (χ4n) is 2.83. The van der Waals surface area contributed by atoms with Gasteiger partial charge in [-0.1, -0.05) is 51.9 Å². The second kappa shape index (κ2) is 12.6. The lowest BCUT2D eigenvalue weighted by Crippen LogP contribution is -2.13. The van der Waals surface area contributed by atoms with E-state index in [0.717, 1.165) is 12.8 Å². The van der Waals surface area contributed by atoms with Gasteiger partial charge in [-0.15, -0.1) is 0 Å². The molecule has 6 heteroatoms. The van der Waals surface area contributed by atoms with E-state index in [2.05, 4.69) is 16.9 Å². The third-order valence-corrected chi connectivity index (χ3v) is 4.55. The Balaban J connectivity index is 1.68. The van der Waals surface area contributed by atoms with Crippen LogP contribution in [0.2, 0.25) is 0 Å². The van der Waals surface area contributed by atoms with Crippen molar-refractivity contribution in [1.82, 2.24) is 9.97 Å². The van der Waals surface area contributed by atoms with E-state index in [1.54, 1.807) is 24.3 Å². The molecule has 2 rings (SSSR count). The first-order valence-electron chi connectivity index (χ1n) is 10.4. The normalized spacial score (nSPS) is 10.6. The molecule has 1 aromatic carbocycles. The average molecular weight is 399 g/mol. The topological polar surface area (TPSA) is 78.4 Å². The van der Waals surface area contributed by atoms with E-state index >= 15 is 0 Å². The molecule has 0 radical (unpaired) electrons. The van der Waals surface area contributed by atoms with E-state index in [1.807, 2.05) is 0 Å². The van der Waals surface area contributed by atoms with Gasteiger partial charge in [0.1, 0.15) is 5.75 Å². The van der Waals surface area contributed by atoms with Crippen molar-refractivity contribution in [3.63, 3.8) is 0 Å². The Morgan fingerprint density at radius 2 is 1.41 bits per heavy atom. The molecule has 0 bridgehead atoms. The van der Waals surface area contributed by atoms with Gasteiger partial charge < -0.3 is 9.47 Å². The third kappa shape index (κ3) is 8.42. The van der Waals surface area contributed by atoms with Crippen LogP contribution in [0.25, 0.3) is 0 Å². The molecule has 0 aliphatic carbocycles. The minimum atomic E-state index is -0.657. The summed E-state index contributed by atoms with van der Waals surface area (Å²) in [5.41, 5.74) is 0.555. The third-order valence-electron chi connectivity index (χ3n) is 4.55. The zero-order valence-corrected chi connectivity index (χ0v) is 17.4. The van der Waals surface area contributed by atoms with Crippen LogP contribution in [0.15, 0.2) is 36.7 Å². The maximum atomic E-state index is 12.1. The van der Waals surface area contributed by atoms with Gasteiger partial charge >= 0.3 is 5.97 Å². The predicted octanol–water partition coefficient (Wildman–Crippen LogP) is 5.42. The summed E-state index contributed by atoms with van der Waals surface area (Å²) in [6.45, 7) is 4.32. The van der Waals surface area contributed by atoms with Crippen LogP contribution in [0.3, 0.4) is 0 Å². The molecule has 1 heterocycles. The second-order valence-electron chi connectivity index (χ2n) is 7.04. The summed E-state index contributed by atoms with van der Waals surface area (Å²) in [5, 5.41) is 0. The molecule has 0 fully saturated rings. The van der Waals surface area contributed by atoms with Crippen molar-refractivity contribution in [3.8, 4) is 11.5 Å². The van der Waals surface area contributed by atoms with Gasteiger partial charge in [-0.05, 0) is 37.6 Å².